The summed E-state index contributed by atoms with van der Waals surface area (Å²) in [4.78, 5) is 11.8. The van der Waals surface area contributed by atoms with Crippen LogP contribution in [0.15, 0.2) is 40.9 Å². The fourth-order valence-electron chi connectivity index (χ4n) is 1.75. The Kier molecular flexibility index (Phi) is 5.27. The molecule has 0 aliphatic heterocycles. The Morgan fingerprint density at radius 3 is 2.00 bits per heavy atom. The van der Waals surface area contributed by atoms with Gasteiger partial charge < -0.3 is 15.4 Å². The summed E-state index contributed by atoms with van der Waals surface area (Å²) in [6.07, 6.45) is -4.89. The highest BCUT2D eigenvalue weighted by Crippen LogP contribution is 2.29. The van der Waals surface area contributed by atoms with E-state index in [2.05, 4.69) is 31.3 Å². The van der Waals surface area contributed by atoms with Crippen molar-refractivity contribution in [3.05, 3.63) is 52.5 Å². The number of benzene rings is 2. The van der Waals surface area contributed by atoms with E-state index in [0.29, 0.717) is 6.07 Å². The van der Waals surface area contributed by atoms with Gasteiger partial charge in [-0.05, 0) is 24.3 Å². The highest BCUT2D eigenvalue weighted by molar-refractivity contribution is 9.10. The lowest BCUT2D eigenvalue weighted by Crippen LogP contribution is -2.20. The predicted octanol–water partition coefficient (Wildman–Crippen LogP) is 5.27. The fraction of sp³-hybridized carbons (Fsp3) is 0.0714. The van der Waals surface area contributed by atoms with Gasteiger partial charge in [0.15, 0.2) is 0 Å². The number of amides is 2. The number of hydrogen-bond acceptors (Lipinski definition) is 2. The summed E-state index contributed by atoms with van der Waals surface area (Å²) < 4.78 is 66.7. The van der Waals surface area contributed by atoms with Crippen LogP contribution in [0, 0.1) is 11.6 Å². The first kappa shape index (κ1) is 18.0. The summed E-state index contributed by atoms with van der Waals surface area (Å²) in [7, 11) is 0. The molecule has 128 valence electrons. The summed E-state index contributed by atoms with van der Waals surface area (Å²) in [5.74, 6) is -2.34. The van der Waals surface area contributed by atoms with E-state index < -0.39 is 29.8 Å². The van der Waals surface area contributed by atoms with E-state index in [-0.39, 0.29) is 15.8 Å². The van der Waals surface area contributed by atoms with Crippen molar-refractivity contribution in [2.45, 2.75) is 6.36 Å². The van der Waals surface area contributed by atoms with Gasteiger partial charge in [0.25, 0.3) is 0 Å². The van der Waals surface area contributed by atoms with Crippen LogP contribution in [0.4, 0.5) is 38.1 Å². The number of carbonyl (C=O) groups excluding carboxylic acids is 1. The van der Waals surface area contributed by atoms with Gasteiger partial charge in [-0.3, -0.25) is 0 Å². The van der Waals surface area contributed by atoms with E-state index in [9.17, 15) is 26.7 Å². The third-order valence-electron chi connectivity index (χ3n) is 2.48. The average Bonchev–Trinajstić information content (AvgIpc) is 2.33. The van der Waals surface area contributed by atoms with Crippen molar-refractivity contribution in [1.29, 1.82) is 0 Å². The topological polar surface area (TPSA) is 50.4 Å². The zero-order valence-electron chi connectivity index (χ0n) is 11.5. The van der Waals surface area contributed by atoms with Crippen LogP contribution in [-0.4, -0.2) is 12.4 Å². The number of halogens is 6. The van der Waals surface area contributed by atoms with E-state index >= 15 is 0 Å². The van der Waals surface area contributed by atoms with E-state index in [1.54, 1.807) is 0 Å². The van der Waals surface area contributed by atoms with Crippen molar-refractivity contribution >= 4 is 33.3 Å². The molecule has 2 aromatic rings. The fourth-order valence-corrected chi connectivity index (χ4v) is 2.22. The monoisotopic (exact) mass is 410 g/mol. The maximum atomic E-state index is 13.0. The van der Waals surface area contributed by atoms with Crippen molar-refractivity contribution in [2.75, 3.05) is 10.6 Å². The minimum Gasteiger partial charge on any atom is -0.406 e. The molecule has 0 saturated carbocycles. The summed E-state index contributed by atoms with van der Waals surface area (Å²) in [6.45, 7) is 0. The third kappa shape index (κ3) is 5.69. The van der Waals surface area contributed by atoms with Crippen LogP contribution in [-0.2, 0) is 0 Å². The molecule has 0 fully saturated rings. The number of carbonyl (C=O) groups is 1. The minimum atomic E-state index is -4.89. The first-order valence-electron chi connectivity index (χ1n) is 6.21. The molecular weight excluding hydrogens is 403 g/mol. The molecule has 4 nitrogen and oxygen atoms in total. The molecule has 2 N–H and O–H groups in total. The summed E-state index contributed by atoms with van der Waals surface area (Å²) in [6, 6.07) is 4.77. The Balaban J connectivity index is 2.11. The smallest absolute Gasteiger partial charge is 0.406 e. The summed E-state index contributed by atoms with van der Waals surface area (Å²) in [5.41, 5.74) is -0.190. The van der Waals surface area contributed by atoms with Gasteiger partial charge in [0, 0.05) is 28.0 Å². The lowest BCUT2D eigenvalue weighted by atomic mass is 10.3. The molecule has 0 aliphatic carbocycles. The van der Waals surface area contributed by atoms with Gasteiger partial charge in [-0.25, -0.2) is 13.6 Å². The number of hydrogen-bond donors (Lipinski definition) is 2. The lowest BCUT2D eigenvalue weighted by molar-refractivity contribution is -0.274. The van der Waals surface area contributed by atoms with Gasteiger partial charge >= 0.3 is 12.4 Å². The zero-order valence-corrected chi connectivity index (χ0v) is 13.1. The van der Waals surface area contributed by atoms with Gasteiger partial charge in [-0.1, -0.05) is 15.9 Å². The molecule has 0 bridgehead atoms. The Labute approximate surface area is 140 Å². The Bertz CT molecular complexity index is 747. The Hall–Kier alpha value is -2.36. The summed E-state index contributed by atoms with van der Waals surface area (Å²) >= 11 is 2.98. The van der Waals surface area contributed by atoms with Gasteiger partial charge in [0.05, 0.1) is 0 Å². The molecule has 0 aromatic heterocycles. The molecule has 0 atom stereocenters. The normalized spacial score (nSPS) is 11.1. The van der Waals surface area contributed by atoms with Crippen LogP contribution < -0.4 is 15.4 Å². The van der Waals surface area contributed by atoms with Gasteiger partial charge in [-0.2, -0.15) is 0 Å². The first-order valence-corrected chi connectivity index (χ1v) is 7.00. The van der Waals surface area contributed by atoms with E-state index in [1.807, 2.05) is 0 Å². The quantitative estimate of drug-likeness (QED) is 0.677. The third-order valence-corrected chi connectivity index (χ3v) is 2.94. The lowest BCUT2D eigenvalue weighted by Gasteiger charge is -2.12. The molecule has 0 unspecified atom stereocenters. The Morgan fingerprint density at radius 1 is 0.917 bits per heavy atom. The molecule has 0 spiro atoms. The maximum Gasteiger partial charge on any atom is 0.573 e. The number of alkyl halides is 3. The molecule has 24 heavy (non-hydrogen) atoms. The van der Waals surface area contributed by atoms with Crippen molar-refractivity contribution in [2.24, 2.45) is 0 Å². The molecule has 0 radical (unpaired) electrons. The van der Waals surface area contributed by atoms with Gasteiger partial charge in [0.1, 0.15) is 17.4 Å². The second-order valence-corrected chi connectivity index (χ2v) is 5.38. The van der Waals surface area contributed by atoms with Crippen LogP contribution in [0.1, 0.15) is 0 Å². The minimum absolute atomic E-state index is 0.0296. The number of anilines is 2. The number of urea groups is 1. The molecule has 10 heteroatoms. The second kappa shape index (κ2) is 7.04. The first-order chi connectivity index (χ1) is 11.1. The van der Waals surface area contributed by atoms with Crippen molar-refractivity contribution in [3.63, 3.8) is 0 Å². The van der Waals surface area contributed by atoms with Gasteiger partial charge in [-0.15, -0.1) is 13.2 Å². The second-order valence-electron chi connectivity index (χ2n) is 4.46. The largest absolute Gasteiger partial charge is 0.573 e. The molecule has 2 rings (SSSR count). The van der Waals surface area contributed by atoms with Crippen molar-refractivity contribution in [3.8, 4) is 5.75 Å². The summed E-state index contributed by atoms with van der Waals surface area (Å²) in [5, 5.41) is 4.37. The maximum absolute atomic E-state index is 13.0. The molecule has 2 amide bonds. The molecule has 2 aromatic carbocycles. The highest BCUT2D eigenvalue weighted by Gasteiger charge is 2.31. The van der Waals surface area contributed by atoms with Crippen LogP contribution >= 0.6 is 15.9 Å². The van der Waals surface area contributed by atoms with Crippen molar-refractivity contribution < 1.29 is 31.5 Å². The molecular formula is C14H8BrF5N2O2. The standard InChI is InChI=1S/C14H8BrF5N2O2/c15-7-1-10(6-12(2-7)24-14(18,19)20)21-13(23)22-11-4-8(16)3-9(17)5-11/h1-6H,(H2,21,22,23). The number of nitrogens with one attached hydrogen (secondary N) is 2. The van der Waals surface area contributed by atoms with Crippen LogP contribution in [0.2, 0.25) is 0 Å². The van der Waals surface area contributed by atoms with Crippen molar-refractivity contribution in [1.82, 2.24) is 0 Å². The van der Waals surface area contributed by atoms with Crippen LogP contribution in [0.25, 0.3) is 0 Å². The highest BCUT2D eigenvalue weighted by atomic mass is 79.9. The molecule has 0 heterocycles. The SMILES string of the molecule is O=C(Nc1cc(F)cc(F)c1)Nc1cc(Br)cc(OC(F)(F)F)c1. The number of rotatable bonds is 3. The number of ether oxygens (including phenoxy) is 1. The van der Waals surface area contributed by atoms with E-state index in [1.165, 1.54) is 6.07 Å². The van der Waals surface area contributed by atoms with E-state index in [0.717, 1.165) is 24.3 Å². The van der Waals surface area contributed by atoms with Crippen LogP contribution in [0.3, 0.4) is 0 Å². The predicted molar refractivity (Wildman–Crippen MR) is 79.8 cm³/mol. The zero-order chi connectivity index (χ0) is 17.9. The van der Waals surface area contributed by atoms with Crippen LogP contribution in [0.5, 0.6) is 5.75 Å². The van der Waals surface area contributed by atoms with E-state index in [4.69, 9.17) is 0 Å². The molecule has 0 saturated heterocycles. The molecule has 0 aliphatic rings. The Morgan fingerprint density at radius 2 is 1.46 bits per heavy atom. The van der Waals surface area contributed by atoms with Gasteiger partial charge in [0.2, 0.25) is 0 Å². The average molecular weight is 411 g/mol.